The fraction of sp³-hybridized carbons (Fsp3) is 0.0769. The molecule has 19 heavy (non-hydrogen) atoms. The van der Waals surface area contributed by atoms with Gasteiger partial charge in [0.2, 0.25) is 0 Å². The molecule has 0 spiro atoms. The van der Waals surface area contributed by atoms with Gasteiger partial charge in [-0.05, 0) is 24.3 Å². The fourth-order valence-electron chi connectivity index (χ4n) is 1.36. The normalized spacial score (nSPS) is 10.2. The van der Waals surface area contributed by atoms with Crippen LogP contribution in [-0.2, 0) is 6.61 Å². The Kier molecular flexibility index (Phi) is 4.24. The highest BCUT2D eigenvalue weighted by atomic mass is 35.5. The van der Waals surface area contributed by atoms with Gasteiger partial charge in [-0.25, -0.2) is 4.79 Å². The Hall–Kier alpha value is -1.78. The van der Waals surface area contributed by atoms with Crippen molar-refractivity contribution in [2.45, 2.75) is 6.61 Å². The second kappa shape index (κ2) is 5.91. The van der Waals surface area contributed by atoms with E-state index in [4.69, 9.17) is 33.0 Å². The number of halogens is 2. The first-order valence-electron chi connectivity index (χ1n) is 5.32. The Bertz CT molecular complexity index is 599. The van der Waals surface area contributed by atoms with Crippen LogP contribution in [-0.4, -0.2) is 16.1 Å². The molecule has 0 atom stereocenters. The number of hydrogen-bond donors (Lipinski definition) is 1. The SMILES string of the molecule is O=C(O)c1ccc(COc2ccc(Cl)c(Cl)c2)nc1. The van der Waals surface area contributed by atoms with Gasteiger partial charge in [-0.15, -0.1) is 0 Å². The Morgan fingerprint density at radius 3 is 2.58 bits per heavy atom. The molecule has 1 aromatic heterocycles. The van der Waals surface area contributed by atoms with Gasteiger partial charge in [0.1, 0.15) is 12.4 Å². The summed E-state index contributed by atoms with van der Waals surface area (Å²) in [7, 11) is 0. The Labute approximate surface area is 119 Å². The van der Waals surface area contributed by atoms with E-state index in [9.17, 15) is 4.79 Å². The first-order chi connectivity index (χ1) is 9.06. The summed E-state index contributed by atoms with van der Waals surface area (Å²) in [6, 6.07) is 8.01. The predicted octanol–water partition coefficient (Wildman–Crippen LogP) is 3.67. The van der Waals surface area contributed by atoms with Gasteiger partial charge in [0.05, 0.1) is 21.3 Å². The fourth-order valence-corrected chi connectivity index (χ4v) is 1.65. The van der Waals surface area contributed by atoms with Crippen LogP contribution >= 0.6 is 23.2 Å². The summed E-state index contributed by atoms with van der Waals surface area (Å²) in [6.45, 7) is 0.220. The summed E-state index contributed by atoms with van der Waals surface area (Å²) >= 11 is 11.6. The average molecular weight is 298 g/mol. The number of nitrogens with zero attached hydrogens (tertiary/aromatic N) is 1. The lowest BCUT2D eigenvalue weighted by molar-refractivity contribution is 0.0696. The van der Waals surface area contributed by atoms with Crippen molar-refractivity contribution in [3.05, 3.63) is 57.8 Å². The smallest absolute Gasteiger partial charge is 0.337 e. The van der Waals surface area contributed by atoms with Crippen LogP contribution in [0.15, 0.2) is 36.5 Å². The molecule has 0 saturated heterocycles. The molecule has 0 radical (unpaired) electrons. The highest BCUT2D eigenvalue weighted by Crippen LogP contribution is 2.26. The van der Waals surface area contributed by atoms with Gasteiger partial charge < -0.3 is 9.84 Å². The number of carboxylic acid groups (broad SMARTS) is 1. The molecule has 0 unspecified atom stereocenters. The quantitative estimate of drug-likeness (QED) is 0.935. The van der Waals surface area contributed by atoms with Crippen molar-refractivity contribution in [3.8, 4) is 5.75 Å². The third kappa shape index (κ3) is 3.59. The Morgan fingerprint density at radius 1 is 1.21 bits per heavy atom. The summed E-state index contributed by atoms with van der Waals surface area (Å²) in [4.78, 5) is 14.7. The number of carbonyl (C=O) groups is 1. The zero-order valence-electron chi connectivity index (χ0n) is 9.64. The first kappa shape index (κ1) is 13.6. The van der Waals surface area contributed by atoms with Gasteiger partial charge in [-0.1, -0.05) is 23.2 Å². The zero-order valence-corrected chi connectivity index (χ0v) is 11.1. The van der Waals surface area contributed by atoms with E-state index in [-0.39, 0.29) is 12.2 Å². The highest BCUT2D eigenvalue weighted by molar-refractivity contribution is 6.42. The van der Waals surface area contributed by atoms with Crippen LogP contribution in [0.4, 0.5) is 0 Å². The summed E-state index contributed by atoms with van der Waals surface area (Å²) in [6.07, 6.45) is 1.29. The number of hydrogen-bond acceptors (Lipinski definition) is 3. The van der Waals surface area contributed by atoms with Crippen molar-refractivity contribution in [3.63, 3.8) is 0 Å². The molecule has 1 N–H and O–H groups in total. The molecule has 1 heterocycles. The minimum atomic E-state index is -1.01. The molecule has 2 aromatic rings. The van der Waals surface area contributed by atoms with Crippen molar-refractivity contribution in [2.24, 2.45) is 0 Å². The van der Waals surface area contributed by atoms with E-state index in [1.54, 1.807) is 24.3 Å². The molecule has 0 bridgehead atoms. The summed E-state index contributed by atoms with van der Waals surface area (Å²) in [5.74, 6) is -0.442. The number of aromatic nitrogens is 1. The largest absolute Gasteiger partial charge is 0.487 e. The van der Waals surface area contributed by atoms with Crippen molar-refractivity contribution >= 4 is 29.2 Å². The van der Waals surface area contributed by atoms with Crippen molar-refractivity contribution in [1.82, 2.24) is 4.98 Å². The lowest BCUT2D eigenvalue weighted by atomic mass is 10.2. The van der Waals surface area contributed by atoms with Gasteiger partial charge in [-0.2, -0.15) is 0 Å². The number of pyridine rings is 1. The second-order valence-corrected chi connectivity index (χ2v) is 4.52. The monoisotopic (exact) mass is 297 g/mol. The Balaban J connectivity index is 2.01. The molecular weight excluding hydrogens is 289 g/mol. The minimum Gasteiger partial charge on any atom is -0.487 e. The average Bonchev–Trinajstić information content (AvgIpc) is 2.40. The van der Waals surface area contributed by atoms with Gasteiger partial charge in [0.15, 0.2) is 0 Å². The van der Waals surface area contributed by atoms with E-state index < -0.39 is 5.97 Å². The molecule has 4 nitrogen and oxygen atoms in total. The zero-order chi connectivity index (χ0) is 13.8. The van der Waals surface area contributed by atoms with E-state index in [2.05, 4.69) is 4.98 Å². The molecule has 0 aliphatic heterocycles. The van der Waals surface area contributed by atoms with Gasteiger partial charge in [0.25, 0.3) is 0 Å². The third-order valence-corrected chi connectivity index (χ3v) is 3.09. The topological polar surface area (TPSA) is 59.4 Å². The summed E-state index contributed by atoms with van der Waals surface area (Å²) < 4.78 is 5.48. The highest BCUT2D eigenvalue weighted by Gasteiger charge is 2.04. The first-order valence-corrected chi connectivity index (χ1v) is 6.08. The summed E-state index contributed by atoms with van der Waals surface area (Å²) in [5.41, 5.74) is 0.759. The van der Waals surface area contributed by atoms with Crippen LogP contribution in [0.25, 0.3) is 0 Å². The molecule has 0 amide bonds. The van der Waals surface area contributed by atoms with Crippen LogP contribution in [0.5, 0.6) is 5.75 Å². The molecule has 0 fully saturated rings. The van der Waals surface area contributed by atoms with Gasteiger partial charge in [-0.3, -0.25) is 4.98 Å². The molecule has 2 rings (SSSR count). The van der Waals surface area contributed by atoms with Crippen LogP contribution in [0.2, 0.25) is 10.0 Å². The van der Waals surface area contributed by atoms with Crippen LogP contribution in [0, 0.1) is 0 Å². The summed E-state index contributed by atoms with van der Waals surface area (Å²) in [5, 5.41) is 9.61. The maximum Gasteiger partial charge on any atom is 0.337 e. The standard InChI is InChI=1S/C13H9Cl2NO3/c14-11-4-3-10(5-12(11)15)19-7-9-2-1-8(6-16-9)13(17)18/h1-6H,7H2,(H,17,18). The predicted molar refractivity (Wildman–Crippen MR) is 72.0 cm³/mol. The van der Waals surface area contributed by atoms with Crippen LogP contribution < -0.4 is 4.74 Å². The number of rotatable bonds is 4. The van der Waals surface area contributed by atoms with E-state index >= 15 is 0 Å². The van der Waals surface area contributed by atoms with Gasteiger partial charge >= 0.3 is 5.97 Å². The van der Waals surface area contributed by atoms with Crippen LogP contribution in [0.1, 0.15) is 16.1 Å². The van der Waals surface area contributed by atoms with E-state index in [0.717, 1.165) is 0 Å². The number of benzene rings is 1. The molecule has 0 aliphatic rings. The molecule has 0 saturated carbocycles. The number of carboxylic acids is 1. The number of ether oxygens (including phenoxy) is 1. The molecule has 6 heteroatoms. The van der Waals surface area contributed by atoms with Crippen molar-refractivity contribution in [2.75, 3.05) is 0 Å². The van der Waals surface area contributed by atoms with E-state index in [0.29, 0.717) is 21.5 Å². The van der Waals surface area contributed by atoms with Crippen molar-refractivity contribution < 1.29 is 14.6 Å². The maximum absolute atomic E-state index is 10.7. The van der Waals surface area contributed by atoms with Crippen LogP contribution in [0.3, 0.4) is 0 Å². The molecule has 98 valence electrons. The van der Waals surface area contributed by atoms with E-state index in [1.807, 2.05) is 0 Å². The molecule has 0 aliphatic carbocycles. The Morgan fingerprint density at radius 2 is 2.00 bits per heavy atom. The number of aromatic carboxylic acids is 1. The lowest BCUT2D eigenvalue weighted by Crippen LogP contribution is -2.01. The lowest BCUT2D eigenvalue weighted by Gasteiger charge is -2.06. The minimum absolute atomic E-state index is 0.137. The molecular formula is C13H9Cl2NO3. The maximum atomic E-state index is 10.7. The van der Waals surface area contributed by atoms with Gasteiger partial charge in [0, 0.05) is 12.3 Å². The molecule has 1 aromatic carbocycles. The second-order valence-electron chi connectivity index (χ2n) is 3.71. The van der Waals surface area contributed by atoms with Crippen molar-refractivity contribution in [1.29, 1.82) is 0 Å². The van der Waals surface area contributed by atoms with E-state index in [1.165, 1.54) is 12.3 Å². The third-order valence-electron chi connectivity index (χ3n) is 2.35.